The third-order valence-corrected chi connectivity index (χ3v) is 9.87. The lowest BCUT2D eigenvalue weighted by molar-refractivity contribution is -0.142. The number of benzene rings is 4. The largest absolute Gasteiger partial charge is 0.492 e. The Labute approximate surface area is 349 Å². The highest BCUT2D eigenvalue weighted by atomic mass is 16.5. The molecule has 1 aliphatic heterocycles. The normalized spacial score (nSPS) is 15.9. The maximum atomic E-state index is 14.6. The number of nitrogens with one attached hydrogen (secondary N) is 3. The van der Waals surface area contributed by atoms with E-state index in [2.05, 4.69) is 16.0 Å². The lowest BCUT2D eigenvalue weighted by Crippen LogP contribution is -2.52. The highest BCUT2D eigenvalue weighted by Gasteiger charge is 2.35. The number of likely N-dealkylation sites (N-methyl/N-ethyl adjacent to an activating group) is 1. The molecular formula is C45H53N7O8. The van der Waals surface area contributed by atoms with Gasteiger partial charge >= 0.3 is 5.97 Å². The van der Waals surface area contributed by atoms with Crippen LogP contribution in [0.4, 0.5) is 0 Å². The molecule has 0 aromatic heterocycles. The first-order chi connectivity index (χ1) is 29.0. The third kappa shape index (κ3) is 12.0. The zero-order valence-corrected chi connectivity index (χ0v) is 33.6. The van der Waals surface area contributed by atoms with E-state index in [-0.39, 0.29) is 39.1 Å². The Morgan fingerprint density at radius 2 is 1.47 bits per heavy atom. The second-order valence-corrected chi connectivity index (χ2v) is 14.3. The first-order valence-electron chi connectivity index (χ1n) is 19.9. The average molecular weight is 820 g/mol. The van der Waals surface area contributed by atoms with E-state index in [0.29, 0.717) is 58.7 Å². The standard InChI is InChI=1S/C45H53N7O8/c1-52(44(56)36(9-5-6-20-46)51-42(54)32-15-12-30(13-16-32)11-10-29-7-3-2-4-8-29)41-33-17-19-39(60-24-22-48)35(27-33)34-25-31(14-18-38(34)59-23-21-47)26-37(45(57)58)50-40(53)28-49-43(41)55/h2-4,7-8,10-19,25,27,36-37,41H,5-6,9,20-24,26,28,46-48H2,1H3,(H,49,55)(H,50,53)(H,51,54)(H,57,58)/b11-10+/t36-,37+,41+/m1/s1. The van der Waals surface area contributed by atoms with Crippen molar-refractivity contribution in [3.8, 4) is 22.6 Å². The van der Waals surface area contributed by atoms with Crippen LogP contribution < -0.4 is 42.6 Å². The summed E-state index contributed by atoms with van der Waals surface area (Å²) in [4.78, 5) is 69.1. The highest BCUT2D eigenvalue weighted by Crippen LogP contribution is 2.40. The molecule has 0 unspecified atom stereocenters. The molecule has 316 valence electrons. The number of aliphatic carboxylic acids is 1. The van der Waals surface area contributed by atoms with E-state index in [9.17, 15) is 29.1 Å². The van der Waals surface area contributed by atoms with Gasteiger partial charge < -0.3 is 52.6 Å². The number of carbonyl (C=O) groups excluding carboxylic acids is 4. The van der Waals surface area contributed by atoms with Crippen molar-refractivity contribution in [1.82, 2.24) is 20.9 Å². The number of carbonyl (C=O) groups is 5. The Morgan fingerprint density at radius 1 is 0.833 bits per heavy atom. The summed E-state index contributed by atoms with van der Waals surface area (Å²) in [5.41, 5.74) is 21.5. The number of nitrogens with zero attached hydrogens (tertiary/aromatic N) is 1. The number of carboxylic acid groups (broad SMARTS) is 1. The number of rotatable bonds is 17. The smallest absolute Gasteiger partial charge is 0.326 e. The van der Waals surface area contributed by atoms with Gasteiger partial charge in [-0.1, -0.05) is 66.7 Å². The monoisotopic (exact) mass is 819 g/mol. The molecule has 15 nitrogen and oxygen atoms in total. The minimum atomic E-state index is -1.34. The van der Waals surface area contributed by atoms with Crippen molar-refractivity contribution >= 4 is 41.8 Å². The maximum Gasteiger partial charge on any atom is 0.326 e. The Bertz CT molecular complexity index is 2150. The van der Waals surface area contributed by atoms with Gasteiger partial charge in [-0.2, -0.15) is 0 Å². The van der Waals surface area contributed by atoms with E-state index < -0.39 is 54.3 Å². The predicted molar refractivity (Wildman–Crippen MR) is 229 cm³/mol. The minimum Gasteiger partial charge on any atom is -0.492 e. The Morgan fingerprint density at radius 3 is 2.10 bits per heavy atom. The number of ether oxygens (including phenoxy) is 2. The number of hydrogen-bond acceptors (Lipinski definition) is 10. The van der Waals surface area contributed by atoms with Crippen molar-refractivity contribution < 1.29 is 38.6 Å². The molecule has 10 N–H and O–H groups in total. The van der Waals surface area contributed by atoms with Gasteiger partial charge in [0, 0.05) is 43.2 Å². The second-order valence-electron chi connectivity index (χ2n) is 14.3. The van der Waals surface area contributed by atoms with Crippen LogP contribution in [-0.4, -0.2) is 98.1 Å². The Balaban J connectivity index is 1.53. The summed E-state index contributed by atoms with van der Waals surface area (Å²) in [6.45, 7) is 0.521. The van der Waals surface area contributed by atoms with E-state index in [4.69, 9.17) is 26.7 Å². The van der Waals surface area contributed by atoms with Crippen LogP contribution in [-0.2, 0) is 25.6 Å². The molecule has 0 saturated carbocycles. The lowest BCUT2D eigenvalue weighted by Gasteiger charge is -2.32. The van der Waals surface area contributed by atoms with E-state index >= 15 is 0 Å². The van der Waals surface area contributed by atoms with E-state index in [1.165, 1.54) is 11.9 Å². The molecule has 5 rings (SSSR count). The van der Waals surface area contributed by atoms with Gasteiger partial charge in [-0.3, -0.25) is 19.2 Å². The number of nitrogens with two attached hydrogens (primary N) is 3. The molecule has 0 fully saturated rings. The summed E-state index contributed by atoms with van der Waals surface area (Å²) in [7, 11) is 1.45. The van der Waals surface area contributed by atoms with Crippen molar-refractivity contribution in [2.24, 2.45) is 17.2 Å². The fourth-order valence-corrected chi connectivity index (χ4v) is 6.80. The molecule has 60 heavy (non-hydrogen) atoms. The van der Waals surface area contributed by atoms with Crippen LogP contribution in [0.25, 0.3) is 23.3 Å². The number of carboxylic acids is 1. The molecule has 4 amide bonds. The fraction of sp³-hybridized carbons (Fsp3) is 0.311. The van der Waals surface area contributed by atoms with Crippen LogP contribution in [0.1, 0.15) is 57.9 Å². The molecule has 4 bridgehead atoms. The van der Waals surface area contributed by atoms with Gasteiger partial charge in [0.25, 0.3) is 5.91 Å². The Kier molecular flexibility index (Phi) is 16.3. The topological polar surface area (TPSA) is 241 Å². The van der Waals surface area contributed by atoms with Crippen LogP contribution in [0, 0.1) is 0 Å². The van der Waals surface area contributed by atoms with Crippen molar-refractivity contribution in [3.05, 3.63) is 119 Å². The SMILES string of the molecule is CN(C(=O)[C@@H](CCCCN)NC(=O)c1ccc(/C=C/c2ccccc2)cc1)[C@@H]1C(=O)NCC(=O)N[C@H](C(=O)O)Cc2ccc(OCCN)c(c2)-c2cc1ccc2OCCN. The van der Waals surface area contributed by atoms with E-state index in [0.717, 1.165) is 11.1 Å². The molecule has 15 heteroatoms. The van der Waals surface area contributed by atoms with Gasteiger partial charge in [0.05, 0.1) is 6.54 Å². The summed E-state index contributed by atoms with van der Waals surface area (Å²) >= 11 is 0. The molecule has 1 heterocycles. The fourth-order valence-electron chi connectivity index (χ4n) is 6.80. The molecule has 0 radical (unpaired) electrons. The molecule has 0 spiro atoms. The number of unbranched alkanes of at least 4 members (excludes halogenated alkanes) is 1. The summed E-state index contributed by atoms with van der Waals surface area (Å²) in [6.07, 6.45) is 5.14. The second kappa shape index (κ2) is 22.0. The lowest BCUT2D eigenvalue weighted by atomic mass is 9.93. The molecule has 4 aromatic rings. The maximum absolute atomic E-state index is 14.6. The zero-order valence-electron chi connectivity index (χ0n) is 33.6. The quantitative estimate of drug-likeness (QED) is 0.0604. The van der Waals surface area contributed by atoms with Crippen molar-refractivity contribution in [1.29, 1.82) is 0 Å². The van der Waals surface area contributed by atoms with Crippen molar-refractivity contribution in [2.45, 2.75) is 43.8 Å². The van der Waals surface area contributed by atoms with Gasteiger partial charge in [0.15, 0.2) is 0 Å². The zero-order chi connectivity index (χ0) is 43.0. The van der Waals surface area contributed by atoms with Crippen molar-refractivity contribution in [3.63, 3.8) is 0 Å². The van der Waals surface area contributed by atoms with Crippen LogP contribution in [0.2, 0.25) is 0 Å². The predicted octanol–water partition coefficient (Wildman–Crippen LogP) is 2.87. The van der Waals surface area contributed by atoms with Gasteiger partial charge in [-0.15, -0.1) is 0 Å². The van der Waals surface area contributed by atoms with Crippen molar-refractivity contribution in [2.75, 3.05) is 46.4 Å². The minimum absolute atomic E-state index is 0.0789. The molecule has 3 atom stereocenters. The van der Waals surface area contributed by atoms with Gasteiger partial charge in [0.1, 0.15) is 42.8 Å². The van der Waals surface area contributed by atoms with Gasteiger partial charge in [-0.25, -0.2) is 4.79 Å². The van der Waals surface area contributed by atoms with E-state index in [1.54, 1.807) is 60.7 Å². The third-order valence-electron chi connectivity index (χ3n) is 9.87. The van der Waals surface area contributed by atoms with Gasteiger partial charge in [0.2, 0.25) is 17.7 Å². The first kappa shape index (κ1) is 44.6. The van der Waals surface area contributed by atoms with Crippen LogP contribution in [0.5, 0.6) is 11.5 Å². The number of amides is 4. The summed E-state index contributed by atoms with van der Waals surface area (Å²) < 4.78 is 12.1. The number of fused-ring (bicyclic) bond motifs is 5. The number of hydrogen-bond donors (Lipinski definition) is 7. The molecule has 0 saturated heterocycles. The highest BCUT2D eigenvalue weighted by molar-refractivity contribution is 5.99. The summed E-state index contributed by atoms with van der Waals surface area (Å²) in [6, 6.07) is 23.1. The molecular weight excluding hydrogens is 767 g/mol. The summed E-state index contributed by atoms with van der Waals surface area (Å²) in [5, 5.41) is 18.0. The molecule has 4 aromatic carbocycles. The molecule has 0 aliphatic carbocycles. The van der Waals surface area contributed by atoms with Crippen LogP contribution in [0.3, 0.4) is 0 Å². The van der Waals surface area contributed by atoms with Crippen LogP contribution in [0.15, 0.2) is 91.0 Å². The van der Waals surface area contributed by atoms with Crippen LogP contribution >= 0.6 is 0 Å². The van der Waals surface area contributed by atoms with E-state index in [1.807, 2.05) is 42.5 Å². The summed E-state index contributed by atoms with van der Waals surface area (Å²) in [5.74, 6) is -3.02. The molecule has 1 aliphatic rings. The Hall–Kier alpha value is -6.55. The average Bonchev–Trinajstić information content (AvgIpc) is 3.26. The van der Waals surface area contributed by atoms with Gasteiger partial charge in [-0.05, 0) is 84.5 Å². The first-order valence-corrected chi connectivity index (χ1v) is 19.9.